The van der Waals surface area contributed by atoms with Crippen LogP contribution in [0.5, 0.6) is 0 Å². The Balaban J connectivity index is 2.63. The van der Waals surface area contributed by atoms with E-state index in [1.807, 2.05) is 13.8 Å². The predicted molar refractivity (Wildman–Crippen MR) is 64.2 cm³/mol. The Hall–Kier alpha value is -1.92. The van der Waals surface area contributed by atoms with Crippen molar-refractivity contribution in [2.24, 2.45) is 5.41 Å². The molecule has 0 saturated heterocycles. The molecule has 0 saturated carbocycles. The van der Waals surface area contributed by atoms with Crippen LogP contribution in [0, 0.1) is 5.41 Å². The lowest BCUT2D eigenvalue weighted by molar-refractivity contribution is -0.146. The van der Waals surface area contributed by atoms with Crippen LogP contribution < -0.4 is 5.32 Å². The summed E-state index contributed by atoms with van der Waals surface area (Å²) >= 11 is 0. The maximum atomic E-state index is 11.7. The van der Waals surface area contributed by atoms with Gasteiger partial charge in [0.2, 0.25) is 5.82 Å². The van der Waals surface area contributed by atoms with Crippen molar-refractivity contribution < 1.29 is 14.7 Å². The summed E-state index contributed by atoms with van der Waals surface area (Å²) in [5, 5.41) is 17.9. The third kappa shape index (κ3) is 3.28. The zero-order chi connectivity index (χ0) is 13.9. The van der Waals surface area contributed by atoms with Crippen LogP contribution in [0.25, 0.3) is 0 Å². The van der Waals surface area contributed by atoms with Crippen LogP contribution in [-0.2, 0) is 4.79 Å². The van der Waals surface area contributed by atoms with Crippen molar-refractivity contribution in [3.05, 3.63) is 11.6 Å². The fourth-order valence-corrected chi connectivity index (χ4v) is 1.09. The molecule has 0 aromatic carbocycles. The number of carbonyl (C=O) groups excluding carboxylic acids is 1. The number of aromatic nitrogens is 3. The Morgan fingerprint density at radius 3 is 2.50 bits per heavy atom. The first kappa shape index (κ1) is 14.1. The number of aliphatic carboxylic acids is 1. The van der Waals surface area contributed by atoms with Crippen LogP contribution in [0.2, 0.25) is 0 Å². The quantitative estimate of drug-likeness (QED) is 0.719. The van der Waals surface area contributed by atoms with Crippen LogP contribution in [0.1, 0.15) is 50.1 Å². The molecule has 1 aromatic rings. The van der Waals surface area contributed by atoms with Gasteiger partial charge in [-0.3, -0.25) is 14.7 Å². The number of amides is 1. The summed E-state index contributed by atoms with van der Waals surface area (Å²) < 4.78 is 0. The van der Waals surface area contributed by atoms with E-state index in [-0.39, 0.29) is 18.3 Å². The lowest BCUT2D eigenvalue weighted by Crippen LogP contribution is -2.39. The smallest absolute Gasteiger partial charge is 0.310 e. The molecule has 0 radical (unpaired) electrons. The van der Waals surface area contributed by atoms with Crippen molar-refractivity contribution in [3.63, 3.8) is 0 Å². The van der Waals surface area contributed by atoms with Crippen LogP contribution >= 0.6 is 0 Å². The highest BCUT2D eigenvalue weighted by Crippen LogP contribution is 2.13. The van der Waals surface area contributed by atoms with Gasteiger partial charge in [0.05, 0.1) is 5.41 Å². The SMILES string of the molecule is CC(C)c1nc(C(=O)NCC(C)(C)C(=O)O)n[nH]1. The zero-order valence-electron chi connectivity index (χ0n) is 10.9. The lowest BCUT2D eigenvalue weighted by Gasteiger charge is -2.18. The van der Waals surface area contributed by atoms with Crippen LogP contribution in [0.15, 0.2) is 0 Å². The summed E-state index contributed by atoms with van der Waals surface area (Å²) in [4.78, 5) is 26.6. The molecule has 0 atom stereocenters. The highest BCUT2D eigenvalue weighted by atomic mass is 16.4. The average Bonchev–Trinajstić information content (AvgIpc) is 2.75. The number of H-pyrrole nitrogens is 1. The van der Waals surface area contributed by atoms with Gasteiger partial charge >= 0.3 is 5.97 Å². The fourth-order valence-electron chi connectivity index (χ4n) is 1.09. The highest BCUT2D eigenvalue weighted by Gasteiger charge is 2.28. The van der Waals surface area contributed by atoms with Gasteiger partial charge in [0.15, 0.2) is 0 Å². The predicted octanol–water partition coefficient (Wildman–Crippen LogP) is 0.769. The average molecular weight is 254 g/mol. The lowest BCUT2D eigenvalue weighted by atomic mass is 9.94. The first-order chi connectivity index (χ1) is 8.24. The Morgan fingerprint density at radius 1 is 1.44 bits per heavy atom. The number of nitrogens with zero attached hydrogens (tertiary/aromatic N) is 2. The van der Waals surface area contributed by atoms with E-state index in [1.165, 1.54) is 13.8 Å². The van der Waals surface area contributed by atoms with Crippen molar-refractivity contribution in [3.8, 4) is 0 Å². The molecule has 0 bridgehead atoms. The van der Waals surface area contributed by atoms with Gasteiger partial charge in [-0.2, -0.15) is 0 Å². The minimum Gasteiger partial charge on any atom is -0.481 e. The van der Waals surface area contributed by atoms with Crippen molar-refractivity contribution in [2.45, 2.75) is 33.6 Å². The molecule has 1 heterocycles. The Labute approximate surface area is 105 Å². The summed E-state index contributed by atoms with van der Waals surface area (Å²) in [5.74, 6) is -0.653. The second-order valence-electron chi connectivity index (χ2n) is 5.07. The second-order valence-corrected chi connectivity index (χ2v) is 5.07. The molecule has 7 heteroatoms. The standard InChI is InChI=1S/C11H18N4O3/c1-6(2)7-13-8(15-14-7)9(16)12-5-11(3,4)10(17)18/h6H,5H2,1-4H3,(H,12,16)(H,17,18)(H,13,14,15). The molecule has 0 aliphatic rings. The largest absolute Gasteiger partial charge is 0.481 e. The number of carbonyl (C=O) groups is 2. The molecule has 0 unspecified atom stereocenters. The molecule has 1 aromatic heterocycles. The molecule has 0 spiro atoms. The summed E-state index contributed by atoms with van der Waals surface area (Å²) in [5.41, 5.74) is -1.02. The number of hydrogen-bond acceptors (Lipinski definition) is 4. The van der Waals surface area contributed by atoms with E-state index >= 15 is 0 Å². The van der Waals surface area contributed by atoms with E-state index in [0.29, 0.717) is 5.82 Å². The molecule has 0 aliphatic heterocycles. The summed E-state index contributed by atoms with van der Waals surface area (Å²) in [6.45, 7) is 6.94. The summed E-state index contributed by atoms with van der Waals surface area (Å²) in [6.07, 6.45) is 0. The Kier molecular flexibility index (Phi) is 4.05. The fraction of sp³-hybridized carbons (Fsp3) is 0.636. The second kappa shape index (κ2) is 5.16. The van der Waals surface area contributed by atoms with Crippen LogP contribution in [-0.4, -0.2) is 38.7 Å². The molecule has 0 fully saturated rings. The van der Waals surface area contributed by atoms with Crippen molar-refractivity contribution in [2.75, 3.05) is 6.54 Å². The van der Waals surface area contributed by atoms with Gasteiger partial charge in [-0.25, -0.2) is 4.98 Å². The van der Waals surface area contributed by atoms with Gasteiger partial charge in [0, 0.05) is 12.5 Å². The normalized spacial score (nSPS) is 11.6. The van der Waals surface area contributed by atoms with Gasteiger partial charge in [0.25, 0.3) is 5.91 Å². The molecular weight excluding hydrogens is 236 g/mol. The summed E-state index contributed by atoms with van der Waals surface area (Å²) in [6, 6.07) is 0. The Morgan fingerprint density at radius 2 is 2.06 bits per heavy atom. The van der Waals surface area contributed by atoms with E-state index in [1.54, 1.807) is 0 Å². The third-order valence-electron chi connectivity index (χ3n) is 2.52. The minimum absolute atomic E-state index is 0.0206. The molecule has 3 N–H and O–H groups in total. The van der Waals surface area contributed by atoms with E-state index in [9.17, 15) is 9.59 Å². The number of carboxylic acids is 1. The van der Waals surface area contributed by atoms with Gasteiger partial charge in [0.1, 0.15) is 5.82 Å². The Bertz CT molecular complexity index is 451. The van der Waals surface area contributed by atoms with Gasteiger partial charge in [-0.05, 0) is 13.8 Å². The number of carboxylic acid groups (broad SMARTS) is 1. The van der Waals surface area contributed by atoms with Crippen molar-refractivity contribution in [1.29, 1.82) is 0 Å². The maximum Gasteiger partial charge on any atom is 0.310 e. The molecule has 18 heavy (non-hydrogen) atoms. The first-order valence-corrected chi connectivity index (χ1v) is 5.68. The van der Waals surface area contributed by atoms with Crippen LogP contribution in [0.4, 0.5) is 0 Å². The number of hydrogen-bond donors (Lipinski definition) is 3. The number of rotatable bonds is 5. The molecular formula is C11H18N4O3. The van der Waals surface area contributed by atoms with E-state index < -0.39 is 17.3 Å². The summed E-state index contributed by atoms with van der Waals surface area (Å²) in [7, 11) is 0. The molecule has 100 valence electrons. The third-order valence-corrected chi connectivity index (χ3v) is 2.52. The first-order valence-electron chi connectivity index (χ1n) is 5.68. The van der Waals surface area contributed by atoms with E-state index in [2.05, 4.69) is 20.5 Å². The molecule has 1 amide bonds. The molecule has 7 nitrogen and oxygen atoms in total. The van der Waals surface area contributed by atoms with Gasteiger partial charge in [-0.15, -0.1) is 5.10 Å². The topological polar surface area (TPSA) is 108 Å². The van der Waals surface area contributed by atoms with E-state index in [4.69, 9.17) is 5.11 Å². The van der Waals surface area contributed by atoms with Gasteiger partial charge in [-0.1, -0.05) is 13.8 Å². The number of nitrogens with one attached hydrogen (secondary N) is 2. The number of aromatic amines is 1. The van der Waals surface area contributed by atoms with Crippen molar-refractivity contribution >= 4 is 11.9 Å². The minimum atomic E-state index is -1.02. The van der Waals surface area contributed by atoms with E-state index in [0.717, 1.165) is 0 Å². The van der Waals surface area contributed by atoms with Crippen molar-refractivity contribution in [1.82, 2.24) is 20.5 Å². The monoisotopic (exact) mass is 254 g/mol. The molecule has 1 rings (SSSR count). The maximum absolute atomic E-state index is 11.7. The zero-order valence-corrected chi connectivity index (χ0v) is 10.9. The molecule has 0 aliphatic carbocycles. The van der Waals surface area contributed by atoms with Crippen LogP contribution in [0.3, 0.4) is 0 Å². The van der Waals surface area contributed by atoms with Gasteiger partial charge < -0.3 is 10.4 Å². The highest BCUT2D eigenvalue weighted by molar-refractivity contribution is 5.90.